The molecular weight excluding hydrogens is 182 g/mol. The molecule has 1 aliphatic rings. The number of hydrogen-bond acceptors (Lipinski definition) is 1. The van der Waals surface area contributed by atoms with Crippen molar-refractivity contribution >= 4 is 0 Å². The number of hydrogen-bond donors (Lipinski definition) is 0. The highest BCUT2D eigenvalue weighted by molar-refractivity contribution is 4.91. The van der Waals surface area contributed by atoms with E-state index in [0.29, 0.717) is 10.8 Å². The zero-order valence-electron chi connectivity index (χ0n) is 11.7. The summed E-state index contributed by atoms with van der Waals surface area (Å²) in [4.78, 5) is 2.50. The van der Waals surface area contributed by atoms with Crippen LogP contribution in [0.4, 0.5) is 0 Å². The monoisotopic (exact) mass is 211 g/mol. The molecule has 1 heterocycles. The Bertz CT molecular complexity index is 206. The molecule has 90 valence electrons. The third-order valence-electron chi connectivity index (χ3n) is 4.04. The second-order valence-corrected chi connectivity index (χ2v) is 7.50. The predicted molar refractivity (Wildman–Crippen MR) is 68.0 cm³/mol. The summed E-state index contributed by atoms with van der Waals surface area (Å²) in [5, 5.41) is 0. The minimum atomic E-state index is 0.437. The van der Waals surface area contributed by atoms with E-state index in [0.717, 1.165) is 11.8 Å². The Morgan fingerprint density at radius 2 is 1.33 bits per heavy atom. The van der Waals surface area contributed by atoms with E-state index in [4.69, 9.17) is 0 Å². The Balaban J connectivity index is 2.85. The van der Waals surface area contributed by atoms with E-state index in [-0.39, 0.29) is 0 Å². The van der Waals surface area contributed by atoms with Crippen LogP contribution in [0.1, 0.15) is 48.0 Å². The van der Waals surface area contributed by atoms with E-state index in [1.807, 2.05) is 0 Å². The maximum Gasteiger partial charge on any atom is 0.00145 e. The molecule has 1 rings (SSSR count). The minimum absolute atomic E-state index is 0.437. The second-order valence-electron chi connectivity index (χ2n) is 7.50. The summed E-state index contributed by atoms with van der Waals surface area (Å²) in [6.45, 7) is 17.0. The van der Waals surface area contributed by atoms with Gasteiger partial charge in [-0.15, -0.1) is 0 Å². The molecule has 2 unspecified atom stereocenters. The summed E-state index contributed by atoms with van der Waals surface area (Å²) in [6, 6.07) is 0. The molecule has 15 heavy (non-hydrogen) atoms. The van der Waals surface area contributed by atoms with Crippen molar-refractivity contribution in [1.82, 2.24) is 4.90 Å². The van der Waals surface area contributed by atoms with Crippen molar-refractivity contribution in [3.05, 3.63) is 0 Å². The molecule has 0 radical (unpaired) electrons. The van der Waals surface area contributed by atoms with Gasteiger partial charge < -0.3 is 4.90 Å². The van der Waals surface area contributed by atoms with E-state index >= 15 is 0 Å². The number of rotatable bonds is 0. The van der Waals surface area contributed by atoms with Crippen LogP contribution >= 0.6 is 0 Å². The number of piperidine rings is 1. The summed E-state index contributed by atoms with van der Waals surface area (Å²) in [5.74, 6) is 1.70. The zero-order valence-corrected chi connectivity index (χ0v) is 11.7. The largest absolute Gasteiger partial charge is 0.306 e. The highest BCUT2D eigenvalue weighted by atomic mass is 15.1. The van der Waals surface area contributed by atoms with Gasteiger partial charge in [-0.05, 0) is 42.7 Å². The molecule has 1 fully saturated rings. The average molecular weight is 211 g/mol. The summed E-state index contributed by atoms with van der Waals surface area (Å²) in [5.41, 5.74) is 0.895. The van der Waals surface area contributed by atoms with Crippen LogP contribution in [0.2, 0.25) is 0 Å². The molecule has 2 atom stereocenters. The van der Waals surface area contributed by atoms with Gasteiger partial charge in [-0.3, -0.25) is 0 Å². The van der Waals surface area contributed by atoms with Crippen LogP contribution < -0.4 is 0 Å². The van der Waals surface area contributed by atoms with Crippen molar-refractivity contribution in [2.45, 2.75) is 48.0 Å². The van der Waals surface area contributed by atoms with Crippen molar-refractivity contribution in [2.75, 3.05) is 20.1 Å². The molecule has 0 saturated carbocycles. The van der Waals surface area contributed by atoms with Gasteiger partial charge in [0.05, 0.1) is 0 Å². The van der Waals surface area contributed by atoms with Gasteiger partial charge in [-0.1, -0.05) is 41.5 Å². The van der Waals surface area contributed by atoms with Crippen molar-refractivity contribution in [2.24, 2.45) is 22.7 Å². The molecule has 0 spiro atoms. The Hall–Kier alpha value is -0.0400. The van der Waals surface area contributed by atoms with Gasteiger partial charge >= 0.3 is 0 Å². The number of likely N-dealkylation sites (tertiary alicyclic amines) is 1. The van der Waals surface area contributed by atoms with Gasteiger partial charge in [-0.2, -0.15) is 0 Å². The molecule has 0 aromatic heterocycles. The lowest BCUT2D eigenvalue weighted by Crippen LogP contribution is -2.48. The second kappa shape index (κ2) is 4.08. The van der Waals surface area contributed by atoms with E-state index in [9.17, 15) is 0 Å². The van der Waals surface area contributed by atoms with Crippen LogP contribution in [-0.4, -0.2) is 25.0 Å². The fraction of sp³-hybridized carbons (Fsp3) is 1.00. The van der Waals surface area contributed by atoms with Gasteiger partial charge in [0, 0.05) is 6.54 Å². The van der Waals surface area contributed by atoms with Crippen LogP contribution in [-0.2, 0) is 0 Å². The molecule has 1 nitrogen and oxygen atoms in total. The fourth-order valence-corrected chi connectivity index (χ4v) is 3.03. The van der Waals surface area contributed by atoms with Crippen molar-refractivity contribution in [3.8, 4) is 0 Å². The van der Waals surface area contributed by atoms with Crippen molar-refractivity contribution in [3.63, 3.8) is 0 Å². The van der Waals surface area contributed by atoms with Crippen molar-refractivity contribution in [1.29, 1.82) is 0 Å². The quantitative estimate of drug-likeness (QED) is 0.591. The predicted octanol–water partition coefficient (Wildman–Crippen LogP) is 3.65. The Morgan fingerprint density at radius 1 is 0.867 bits per heavy atom. The third-order valence-corrected chi connectivity index (χ3v) is 4.04. The number of nitrogens with zero attached hydrogens (tertiary/aromatic N) is 1. The molecule has 0 amide bonds. The summed E-state index contributed by atoms with van der Waals surface area (Å²) < 4.78 is 0. The highest BCUT2D eigenvalue weighted by Gasteiger charge is 2.41. The first-order chi connectivity index (χ1) is 6.62. The SMILES string of the molecule is CN1CCC(C(C)(C)C)C(C(C)(C)C)C1. The molecule has 0 aromatic rings. The first kappa shape index (κ1) is 13.0. The van der Waals surface area contributed by atoms with E-state index in [2.05, 4.69) is 53.5 Å². The van der Waals surface area contributed by atoms with Gasteiger partial charge in [0.25, 0.3) is 0 Å². The molecule has 1 heteroatoms. The van der Waals surface area contributed by atoms with Crippen molar-refractivity contribution < 1.29 is 0 Å². The third kappa shape index (κ3) is 3.21. The average Bonchev–Trinajstić information content (AvgIpc) is 2.00. The lowest BCUT2D eigenvalue weighted by atomic mass is 9.61. The van der Waals surface area contributed by atoms with Crippen LogP contribution in [0.25, 0.3) is 0 Å². The zero-order chi connectivity index (χ0) is 11.9. The molecule has 1 aliphatic heterocycles. The van der Waals surface area contributed by atoms with E-state index in [1.165, 1.54) is 19.5 Å². The smallest absolute Gasteiger partial charge is 0.00145 e. The summed E-state index contributed by atoms with van der Waals surface area (Å²) in [6.07, 6.45) is 1.36. The highest BCUT2D eigenvalue weighted by Crippen LogP contribution is 2.45. The maximum atomic E-state index is 2.50. The molecule has 1 saturated heterocycles. The molecule has 0 bridgehead atoms. The fourth-order valence-electron chi connectivity index (χ4n) is 3.03. The van der Waals surface area contributed by atoms with Gasteiger partial charge in [0.15, 0.2) is 0 Å². The van der Waals surface area contributed by atoms with Gasteiger partial charge in [-0.25, -0.2) is 0 Å². The summed E-state index contributed by atoms with van der Waals surface area (Å²) >= 11 is 0. The van der Waals surface area contributed by atoms with Crippen LogP contribution in [0.3, 0.4) is 0 Å². The lowest BCUT2D eigenvalue weighted by molar-refractivity contribution is 0.00171. The standard InChI is InChI=1S/C14H29N/c1-13(2,3)11-8-9-15(7)10-12(11)14(4,5)6/h11-12H,8-10H2,1-7H3. The molecular formula is C14H29N. The van der Waals surface area contributed by atoms with Crippen LogP contribution in [0.5, 0.6) is 0 Å². The van der Waals surface area contributed by atoms with Crippen LogP contribution in [0, 0.1) is 22.7 Å². The van der Waals surface area contributed by atoms with Gasteiger partial charge in [0.2, 0.25) is 0 Å². The summed E-state index contributed by atoms with van der Waals surface area (Å²) in [7, 11) is 2.26. The molecule has 0 aliphatic carbocycles. The van der Waals surface area contributed by atoms with Gasteiger partial charge in [0.1, 0.15) is 0 Å². The first-order valence-corrected chi connectivity index (χ1v) is 6.31. The maximum absolute atomic E-state index is 2.50. The minimum Gasteiger partial charge on any atom is -0.306 e. The Morgan fingerprint density at radius 3 is 1.73 bits per heavy atom. The molecule has 0 N–H and O–H groups in total. The van der Waals surface area contributed by atoms with E-state index in [1.54, 1.807) is 0 Å². The van der Waals surface area contributed by atoms with E-state index < -0.39 is 0 Å². The Kier molecular flexibility index (Phi) is 3.55. The Labute approximate surface area is 96.2 Å². The molecule has 0 aromatic carbocycles. The topological polar surface area (TPSA) is 3.24 Å². The first-order valence-electron chi connectivity index (χ1n) is 6.31. The lowest BCUT2D eigenvalue weighted by Gasteiger charge is -2.49. The normalized spacial score (nSPS) is 30.6. The van der Waals surface area contributed by atoms with Crippen LogP contribution in [0.15, 0.2) is 0 Å².